The van der Waals surface area contributed by atoms with E-state index in [-0.39, 0.29) is 36.6 Å². The predicted molar refractivity (Wildman–Crippen MR) is 151 cm³/mol. The van der Waals surface area contributed by atoms with Crippen LogP contribution < -0.4 is 26.0 Å². The number of ketones is 1. The largest absolute Gasteiger partial charge is 0.497 e. The number of carbonyl (C=O) groups is 4. The fourth-order valence-corrected chi connectivity index (χ4v) is 5.15. The molecule has 2 heterocycles. The van der Waals surface area contributed by atoms with Crippen molar-refractivity contribution in [3.63, 3.8) is 0 Å². The van der Waals surface area contributed by atoms with Crippen LogP contribution in [0.1, 0.15) is 45.1 Å². The average molecular weight is 571 g/mol. The summed E-state index contributed by atoms with van der Waals surface area (Å²) in [7, 11) is 1.57. The Bertz CT molecular complexity index is 1100. The summed E-state index contributed by atoms with van der Waals surface area (Å²) in [6, 6.07) is 4.60. The van der Waals surface area contributed by atoms with E-state index in [2.05, 4.69) is 33.4 Å². The van der Waals surface area contributed by atoms with E-state index in [4.69, 9.17) is 14.2 Å². The molecule has 224 valence electrons. The average Bonchev–Trinajstić information content (AvgIpc) is 3.51. The molecule has 11 heteroatoms. The number of Topliss-reactive ketones (excluding diaryl/α,β-unsaturated/α-hetero) is 1. The van der Waals surface area contributed by atoms with Gasteiger partial charge in [-0.05, 0) is 56.7 Å². The van der Waals surface area contributed by atoms with Gasteiger partial charge in [-0.25, -0.2) is 0 Å². The third-order valence-corrected chi connectivity index (χ3v) is 7.83. The summed E-state index contributed by atoms with van der Waals surface area (Å²) >= 11 is 0. The minimum Gasteiger partial charge on any atom is -0.497 e. The Morgan fingerprint density at radius 3 is 2.34 bits per heavy atom. The molecule has 1 aromatic carbocycles. The van der Waals surface area contributed by atoms with Crippen LogP contribution in [0.25, 0.3) is 0 Å². The fraction of sp³-hybridized carbons (Fsp3) is 0.600. The Morgan fingerprint density at radius 1 is 1.05 bits per heavy atom. The summed E-state index contributed by atoms with van der Waals surface area (Å²) < 4.78 is 16.2. The van der Waals surface area contributed by atoms with E-state index in [0.717, 1.165) is 24.9 Å². The molecule has 1 aromatic rings. The molecule has 0 bridgehead atoms. The molecule has 4 rings (SSSR count). The molecule has 0 aromatic heterocycles. The van der Waals surface area contributed by atoms with E-state index < -0.39 is 35.5 Å². The SMILES string of the molecule is COc1ccc(C[C@H](NC(=O)[C@H](C)NC(=O)CC2CNCCO2)C(=O)N[C@@H](CC2CC=CC2)C(=O)[C@@]2(C)CO2)cc1. The lowest BCUT2D eigenvalue weighted by atomic mass is 9.90. The van der Waals surface area contributed by atoms with Gasteiger partial charge in [0.2, 0.25) is 17.7 Å². The van der Waals surface area contributed by atoms with Crippen LogP contribution in [0, 0.1) is 5.92 Å². The lowest BCUT2D eigenvalue weighted by Gasteiger charge is -2.27. The predicted octanol–water partition coefficient (Wildman–Crippen LogP) is 0.805. The van der Waals surface area contributed by atoms with E-state index >= 15 is 0 Å². The Kier molecular flexibility index (Phi) is 10.5. The molecule has 4 N–H and O–H groups in total. The molecule has 11 nitrogen and oxygen atoms in total. The zero-order valence-electron chi connectivity index (χ0n) is 24.1. The number of ether oxygens (including phenoxy) is 3. The van der Waals surface area contributed by atoms with Gasteiger partial charge in [-0.3, -0.25) is 19.2 Å². The van der Waals surface area contributed by atoms with Gasteiger partial charge < -0.3 is 35.5 Å². The highest BCUT2D eigenvalue weighted by molar-refractivity contribution is 5.98. The monoisotopic (exact) mass is 570 g/mol. The summed E-state index contributed by atoms with van der Waals surface area (Å²) in [6.45, 7) is 5.47. The molecule has 2 fully saturated rings. The molecule has 3 aliphatic rings. The maximum Gasteiger partial charge on any atom is 0.243 e. The summed E-state index contributed by atoms with van der Waals surface area (Å²) in [5, 5.41) is 11.6. The minimum atomic E-state index is -0.981. The Labute approximate surface area is 241 Å². The van der Waals surface area contributed by atoms with Crippen molar-refractivity contribution in [1.29, 1.82) is 0 Å². The number of rotatable bonds is 14. The number of hydrogen-bond acceptors (Lipinski definition) is 8. The van der Waals surface area contributed by atoms with Crippen molar-refractivity contribution in [1.82, 2.24) is 21.3 Å². The summed E-state index contributed by atoms with van der Waals surface area (Å²) in [4.78, 5) is 52.7. The second-order valence-corrected chi connectivity index (χ2v) is 11.3. The molecular formula is C30H42N4O7. The molecule has 2 saturated heterocycles. The van der Waals surface area contributed by atoms with E-state index in [1.807, 2.05) is 12.1 Å². The summed E-state index contributed by atoms with van der Waals surface area (Å²) in [5.41, 5.74) is -0.0973. The number of amides is 3. The second kappa shape index (κ2) is 14.1. The van der Waals surface area contributed by atoms with Crippen molar-refractivity contribution in [2.24, 2.45) is 5.92 Å². The van der Waals surface area contributed by atoms with Crippen LogP contribution in [0.2, 0.25) is 0 Å². The van der Waals surface area contributed by atoms with Crippen LogP contribution in [0.15, 0.2) is 36.4 Å². The van der Waals surface area contributed by atoms with Crippen molar-refractivity contribution in [3.8, 4) is 5.75 Å². The third kappa shape index (κ3) is 8.85. The topological polar surface area (TPSA) is 147 Å². The highest BCUT2D eigenvalue weighted by atomic mass is 16.6. The number of nitrogens with one attached hydrogen (secondary N) is 4. The van der Waals surface area contributed by atoms with Crippen LogP contribution in [0.5, 0.6) is 5.75 Å². The zero-order chi connectivity index (χ0) is 29.4. The van der Waals surface area contributed by atoms with Gasteiger partial charge in [0.05, 0.1) is 38.9 Å². The maximum absolute atomic E-state index is 13.7. The zero-order valence-corrected chi connectivity index (χ0v) is 24.1. The van der Waals surface area contributed by atoms with Crippen LogP contribution in [0.3, 0.4) is 0 Å². The fourth-order valence-electron chi connectivity index (χ4n) is 5.15. The van der Waals surface area contributed by atoms with Gasteiger partial charge in [-0.15, -0.1) is 0 Å². The first-order valence-electron chi connectivity index (χ1n) is 14.4. The van der Waals surface area contributed by atoms with Crippen LogP contribution in [-0.2, 0) is 35.1 Å². The normalized spacial score (nSPS) is 24.1. The first kappa shape index (κ1) is 30.7. The summed E-state index contributed by atoms with van der Waals surface area (Å²) in [6.07, 6.45) is 6.42. The number of methoxy groups -OCH3 is 1. The number of epoxide rings is 1. The van der Waals surface area contributed by atoms with Gasteiger partial charge in [-0.1, -0.05) is 24.3 Å². The Hall–Kier alpha value is -3.28. The van der Waals surface area contributed by atoms with Crippen molar-refractivity contribution < 1.29 is 33.4 Å². The first-order chi connectivity index (χ1) is 19.7. The molecule has 41 heavy (non-hydrogen) atoms. The van der Waals surface area contributed by atoms with Gasteiger partial charge >= 0.3 is 0 Å². The van der Waals surface area contributed by atoms with E-state index in [9.17, 15) is 19.2 Å². The van der Waals surface area contributed by atoms with Crippen LogP contribution in [0.4, 0.5) is 0 Å². The highest BCUT2D eigenvalue weighted by Gasteiger charge is 2.50. The molecule has 1 aliphatic carbocycles. The maximum atomic E-state index is 13.7. The molecule has 2 aliphatic heterocycles. The number of allylic oxidation sites excluding steroid dienone is 2. The molecule has 0 saturated carbocycles. The van der Waals surface area contributed by atoms with Crippen molar-refractivity contribution in [2.75, 3.05) is 33.4 Å². The van der Waals surface area contributed by atoms with Crippen LogP contribution >= 0.6 is 0 Å². The number of hydrogen-bond donors (Lipinski definition) is 4. The minimum absolute atomic E-state index is 0.126. The van der Waals surface area contributed by atoms with Gasteiger partial charge in [-0.2, -0.15) is 0 Å². The van der Waals surface area contributed by atoms with Crippen molar-refractivity contribution in [2.45, 2.75) is 75.8 Å². The van der Waals surface area contributed by atoms with E-state index in [1.54, 1.807) is 33.1 Å². The molecule has 0 radical (unpaired) electrons. The lowest BCUT2D eigenvalue weighted by Crippen LogP contribution is -2.57. The lowest BCUT2D eigenvalue weighted by molar-refractivity contribution is -0.134. The van der Waals surface area contributed by atoms with Crippen LogP contribution in [-0.4, -0.2) is 86.7 Å². The Balaban J connectivity index is 1.43. The van der Waals surface area contributed by atoms with Gasteiger partial charge in [0.1, 0.15) is 23.4 Å². The van der Waals surface area contributed by atoms with Crippen molar-refractivity contribution >= 4 is 23.5 Å². The molecular weight excluding hydrogens is 528 g/mol. The van der Waals surface area contributed by atoms with E-state index in [1.165, 1.54) is 0 Å². The second-order valence-electron chi connectivity index (χ2n) is 11.3. The van der Waals surface area contributed by atoms with Crippen molar-refractivity contribution in [3.05, 3.63) is 42.0 Å². The standard InChI is InChI=1S/C30H42N4O7/c1-19(32-26(35)16-23-17-31-12-13-40-23)28(37)34-25(15-21-8-10-22(39-3)11-9-21)29(38)33-24(14-20-6-4-5-7-20)27(36)30(2)18-41-30/h4-5,8-11,19-20,23-25,31H,6-7,12-18H2,1-3H3,(H,32,35)(H,33,38)(H,34,37)/t19-,23?,24-,25-,30+/m0/s1. The number of morpholine rings is 1. The smallest absolute Gasteiger partial charge is 0.243 e. The molecule has 1 unspecified atom stereocenters. The van der Waals surface area contributed by atoms with Gasteiger partial charge in [0, 0.05) is 19.5 Å². The number of carbonyl (C=O) groups excluding carboxylic acids is 4. The molecule has 0 spiro atoms. The summed E-state index contributed by atoms with van der Waals surface area (Å²) in [5.74, 6) is -0.531. The molecule has 5 atom stereocenters. The quantitative estimate of drug-likeness (QED) is 0.190. The highest BCUT2D eigenvalue weighted by Crippen LogP contribution is 2.31. The van der Waals surface area contributed by atoms with Gasteiger partial charge in [0.15, 0.2) is 5.78 Å². The first-order valence-corrected chi connectivity index (χ1v) is 14.4. The number of benzene rings is 1. The molecule has 3 amide bonds. The van der Waals surface area contributed by atoms with E-state index in [0.29, 0.717) is 31.9 Å². The third-order valence-electron chi connectivity index (χ3n) is 7.83. The van der Waals surface area contributed by atoms with Gasteiger partial charge in [0.25, 0.3) is 0 Å². The Morgan fingerprint density at radius 2 is 1.73 bits per heavy atom.